The molecular formula is C27H30N6O2S. The predicted octanol–water partition coefficient (Wildman–Crippen LogP) is 4.83. The van der Waals surface area contributed by atoms with Gasteiger partial charge in [0, 0.05) is 34.3 Å². The zero-order chi connectivity index (χ0) is 24.8. The zero-order valence-electron chi connectivity index (χ0n) is 20.3. The first-order chi connectivity index (χ1) is 17.5. The first-order valence-corrected chi connectivity index (χ1v) is 13.5. The van der Waals surface area contributed by atoms with Crippen LogP contribution in [0.5, 0.6) is 0 Å². The summed E-state index contributed by atoms with van der Waals surface area (Å²) in [5.41, 5.74) is 10.4. The van der Waals surface area contributed by atoms with Crippen molar-refractivity contribution in [3.8, 4) is 11.3 Å². The van der Waals surface area contributed by atoms with E-state index in [1.54, 1.807) is 17.5 Å². The number of hydrogen-bond donors (Lipinski definition) is 3. The smallest absolute Gasteiger partial charge is 0.257 e. The van der Waals surface area contributed by atoms with E-state index < -0.39 is 0 Å². The average Bonchev–Trinajstić information content (AvgIpc) is 3.46. The molecule has 8 nitrogen and oxygen atoms in total. The number of imidazole rings is 1. The van der Waals surface area contributed by atoms with Crippen LogP contribution in [-0.2, 0) is 12.8 Å². The molecule has 2 aliphatic carbocycles. The molecule has 2 aliphatic rings. The topological polar surface area (TPSA) is 118 Å². The fourth-order valence-electron chi connectivity index (χ4n) is 5.45. The largest absolute Gasteiger partial charge is 0.393 e. The molecule has 3 heterocycles. The van der Waals surface area contributed by atoms with Gasteiger partial charge in [-0.15, -0.1) is 11.3 Å². The van der Waals surface area contributed by atoms with Crippen LogP contribution in [0.4, 0.5) is 10.9 Å². The number of benzene rings is 1. The highest BCUT2D eigenvalue weighted by atomic mass is 32.1. The Morgan fingerprint density at radius 3 is 2.69 bits per heavy atom. The van der Waals surface area contributed by atoms with Crippen LogP contribution in [0.25, 0.3) is 16.8 Å². The molecule has 1 amide bonds. The summed E-state index contributed by atoms with van der Waals surface area (Å²) in [5, 5.41) is 13.6. The molecule has 0 bridgehead atoms. The van der Waals surface area contributed by atoms with Gasteiger partial charge < -0.3 is 10.8 Å². The molecular weight excluding hydrogens is 472 g/mol. The monoisotopic (exact) mass is 502 g/mol. The molecule has 1 unspecified atom stereocenters. The van der Waals surface area contributed by atoms with E-state index in [1.807, 2.05) is 34.9 Å². The number of nitrogens with two attached hydrogens (primary N) is 1. The Kier molecular flexibility index (Phi) is 5.97. The minimum atomic E-state index is -0.226. The van der Waals surface area contributed by atoms with Gasteiger partial charge in [-0.1, -0.05) is 19.1 Å². The van der Waals surface area contributed by atoms with Crippen molar-refractivity contribution in [1.29, 1.82) is 0 Å². The number of thiazole rings is 1. The number of carbonyl (C=O) groups excluding carboxylic acids is 1. The SMILES string of the molecule is CC1CCc2nc(NC(=O)c3ccc(-c4nc([C@H]5CC[C@H](O)CC5)n5ccnc(N)c45)cc3)sc2C1. The van der Waals surface area contributed by atoms with Crippen LogP contribution in [0.1, 0.15) is 71.7 Å². The predicted molar refractivity (Wildman–Crippen MR) is 141 cm³/mol. The number of aliphatic hydroxyl groups excluding tert-OH is 1. The number of carbonyl (C=O) groups is 1. The zero-order valence-corrected chi connectivity index (χ0v) is 21.1. The second-order valence-electron chi connectivity index (χ2n) is 10.1. The van der Waals surface area contributed by atoms with Crippen LogP contribution in [0.2, 0.25) is 0 Å². The summed E-state index contributed by atoms with van der Waals surface area (Å²) in [5.74, 6) is 2.13. The van der Waals surface area contributed by atoms with E-state index in [2.05, 4.69) is 22.2 Å². The number of aliphatic hydroxyl groups is 1. The third-order valence-corrected chi connectivity index (χ3v) is 8.53. The van der Waals surface area contributed by atoms with Crippen LogP contribution >= 0.6 is 11.3 Å². The van der Waals surface area contributed by atoms with E-state index in [-0.39, 0.29) is 17.9 Å². The fourth-order valence-corrected chi connectivity index (χ4v) is 6.62. The summed E-state index contributed by atoms with van der Waals surface area (Å²) in [4.78, 5) is 28.2. The van der Waals surface area contributed by atoms with Gasteiger partial charge in [0.2, 0.25) is 0 Å². The second-order valence-corrected chi connectivity index (χ2v) is 11.2. The van der Waals surface area contributed by atoms with Crippen molar-refractivity contribution in [1.82, 2.24) is 19.4 Å². The molecule has 1 atom stereocenters. The number of amides is 1. The van der Waals surface area contributed by atoms with Crippen LogP contribution in [0.15, 0.2) is 36.7 Å². The lowest BCUT2D eigenvalue weighted by atomic mass is 9.87. The van der Waals surface area contributed by atoms with Crippen molar-refractivity contribution >= 4 is 33.7 Å². The molecule has 0 spiro atoms. The maximum atomic E-state index is 12.9. The lowest BCUT2D eigenvalue weighted by Crippen LogP contribution is -2.18. The Morgan fingerprint density at radius 2 is 1.92 bits per heavy atom. The molecule has 9 heteroatoms. The number of fused-ring (bicyclic) bond motifs is 2. The number of nitrogens with zero attached hydrogens (tertiary/aromatic N) is 4. The summed E-state index contributed by atoms with van der Waals surface area (Å²) in [6.07, 6.45) is 9.88. The lowest BCUT2D eigenvalue weighted by molar-refractivity contribution is 0.102. The molecule has 6 rings (SSSR count). The highest BCUT2D eigenvalue weighted by molar-refractivity contribution is 7.15. The number of nitrogens with one attached hydrogen (secondary N) is 1. The van der Waals surface area contributed by atoms with E-state index >= 15 is 0 Å². The van der Waals surface area contributed by atoms with Gasteiger partial charge in [-0.3, -0.25) is 14.5 Å². The van der Waals surface area contributed by atoms with Gasteiger partial charge in [-0.05, 0) is 63.0 Å². The van der Waals surface area contributed by atoms with Gasteiger partial charge in [0.15, 0.2) is 5.13 Å². The number of rotatable bonds is 4. The fraction of sp³-hybridized carbons (Fsp3) is 0.407. The highest BCUT2D eigenvalue weighted by Crippen LogP contribution is 2.37. The van der Waals surface area contributed by atoms with Crippen molar-refractivity contribution in [2.75, 3.05) is 11.1 Å². The third kappa shape index (κ3) is 4.26. The molecule has 1 aromatic carbocycles. The van der Waals surface area contributed by atoms with Crippen molar-refractivity contribution in [3.05, 3.63) is 58.6 Å². The standard InChI is InChI=1S/C27H30N6O2S/c1-15-2-11-20-21(14-15)36-27(30-20)32-26(35)18-5-3-16(4-6-18)22-23-24(28)29-12-13-33(23)25(31-22)17-7-9-19(34)10-8-17/h3-6,12-13,15,17,19,34H,2,7-11,14H2,1H3,(H2,28,29)(H,30,32,35)/t15?,17-,19-. The molecule has 4 aromatic rings. The Hall–Kier alpha value is -3.30. The molecule has 36 heavy (non-hydrogen) atoms. The molecule has 4 N–H and O–H groups in total. The Morgan fingerprint density at radius 1 is 1.14 bits per heavy atom. The van der Waals surface area contributed by atoms with E-state index in [1.165, 1.54) is 4.88 Å². The summed E-state index contributed by atoms with van der Waals surface area (Å²) in [7, 11) is 0. The first kappa shape index (κ1) is 23.1. The van der Waals surface area contributed by atoms with E-state index in [9.17, 15) is 9.90 Å². The first-order valence-electron chi connectivity index (χ1n) is 12.7. The van der Waals surface area contributed by atoms with E-state index in [0.717, 1.165) is 73.2 Å². The normalized spacial score (nSPS) is 21.9. The minimum absolute atomic E-state index is 0.168. The number of nitrogen functional groups attached to an aromatic ring is 1. The molecule has 0 saturated heterocycles. The summed E-state index contributed by atoms with van der Waals surface area (Å²) < 4.78 is 2.03. The molecule has 1 saturated carbocycles. The van der Waals surface area contributed by atoms with Crippen molar-refractivity contribution in [3.63, 3.8) is 0 Å². The second kappa shape index (κ2) is 9.29. The quantitative estimate of drug-likeness (QED) is 0.368. The maximum Gasteiger partial charge on any atom is 0.257 e. The van der Waals surface area contributed by atoms with E-state index in [4.69, 9.17) is 10.7 Å². The lowest BCUT2D eigenvalue weighted by Gasteiger charge is -2.24. The Bertz CT molecular complexity index is 1420. The molecule has 0 aliphatic heterocycles. The third-order valence-electron chi connectivity index (χ3n) is 7.50. The van der Waals surface area contributed by atoms with Crippen LogP contribution < -0.4 is 11.1 Å². The Labute approximate surface area is 213 Å². The van der Waals surface area contributed by atoms with Gasteiger partial charge >= 0.3 is 0 Å². The van der Waals surface area contributed by atoms with Gasteiger partial charge in [-0.25, -0.2) is 15.0 Å². The Balaban J connectivity index is 1.26. The molecule has 3 aromatic heterocycles. The van der Waals surface area contributed by atoms with Gasteiger partial charge in [0.05, 0.1) is 11.8 Å². The van der Waals surface area contributed by atoms with Crippen LogP contribution in [0.3, 0.4) is 0 Å². The minimum Gasteiger partial charge on any atom is -0.393 e. The van der Waals surface area contributed by atoms with Gasteiger partial charge in [-0.2, -0.15) is 0 Å². The van der Waals surface area contributed by atoms with Crippen molar-refractivity contribution in [2.45, 2.75) is 63.9 Å². The van der Waals surface area contributed by atoms with Crippen molar-refractivity contribution in [2.24, 2.45) is 5.92 Å². The maximum absolute atomic E-state index is 12.9. The summed E-state index contributed by atoms with van der Waals surface area (Å²) >= 11 is 1.59. The van der Waals surface area contributed by atoms with Crippen LogP contribution in [0, 0.1) is 5.92 Å². The van der Waals surface area contributed by atoms with E-state index in [0.29, 0.717) is 22.4 Å². The number of aromatic nitrogens is 4. The molecule has 186 valence electrons. The van der Waals surface area contributed by atoms with Crippen LogP contribution in [-0.4, -0.2) is 36.5 Å². The number of hydrogen-bond acceptors (Lipinski definition) is 7. The van der Waals surface area contributed by atoms with Crippen molar-refractivity contribution < 1.29 is 9.90 Å². The number of aryl methyl sites for hydroxylation is 1. The van der Waals surface area contributed by atoms with Gasteiger partial charge in [0.1, 0.15) is 22.9 Å². The molecule has 0 radical (unpaired) electrons. The number of anilines is 2. The average molecular weight is 503 g/mol. The molecule has 1 fully saturated rings. The highest BCUT2D eigenvalue weighted by Gasteiger charge is 2.27. The summed E-state index contributed by atoms with van der Waals surface area (Å²) in [6, 6.07) is 7.45. The summed E-state index contributed by atoms with van der Waals surface area (Å²) in [6.45, 7) is 2.26. The van der Waals surface area contributed by atoms with Gasteiger partial charge in [0.25, 0.3) is 5.91 Å².